The highest BCUT2D eigenvalue weighted by Gasteiger charge is 2.05. The van der Waals surface area contributed by atoms with E-state index in [0.29, 0.717) is 12.2 Å². The minimum absolute atomic E-state index is 0.218. The molecule has 5 nitrogen and oxygen atoms in total. The number of carbonyl (C=O) groups is 1. The molecule has 0 aliphatic carbocycles. The Morgan fingerprint density at radius 2 is 2.40 bits per heavy atom. The molecular weight excluding hydrogens is 192 g/mol. The summed E-state index contributed by atoms with van der Waals surface area (Å²) >= 11 is 0. The van der Waals surface area contributed by atoms with E-state index < -0.39 is 0 Å². The van der Waals surface area contributed by atoms with Crippen molar-refractivity contribution in [2.24, 2.45) is 0 Å². The third-order valence-electron chi connectivity index (χ3n) is 1.91. The Labute approximate surface area is 86.6 Å². The molecule has 0 atom stereocenters. The number of hydrogen-bond donors (Lipinski definition) is 2. The van der Waals surface area contributed by atoms with E-state index in [-0.39, 0.29) is 5.91 Å². The van der Waals surface area contributed by atoms with Crippen molar-refractivity contribution in [2.75, 3.05) is 0 Å². The van der Waals surface area contributed by atoms with E-state index in [0.717, 1.165) is 5.56 Å². The van der Waals surface area contributed by atoms with Gasteiger partial charge in [-0.25, -0.2) is 4.98 Å². The fourth-order valence-electron chi connectivity index (χ4n) is 1.16. The van der Waals surface area contributed by atoms with Gasteiger partial charge in [-0.05, 0) is 11.6 Å². The molecule has 0 fully saturated rings. The zero-order valence-corrected chi connectivity index (χ0v) is 7.97. The van der Waals surface area contributed by atoms with E-state index >= 15 is 0 Å². The summed E-state index contributed by atoms with van der Waals surface area (Å²) in [5.41, 5.74) is 1.35. The van der Waals surface area contributed by atoms with Gasteiger partial charge >= 0.3 is 0 Å². The first-order valence-electron chi connectivity index (χ1n) is 4.52. The second kappa shape index (κ2) is 4.36. The van der Waals surface area contributed by atoms with Crippen molar-refractivity contribution in [3.8, 4) is 0 Å². The molecule has 0 saturated carbocycles. The molecule has 0 spiro atoms. The van der Waals surface area contributed by atoms with Crippen LogP contribution in [0.15, 0.2) is 37.1 Å². The second-order valence-electron chi connectivity index (χ2n) is 2.99. The highest BCUT2D eigenvalue weighted by Crippen LogP contribution is 1.96. The Hall–Kier alpha value is -2.17. The zero-order valence-electron chi connectivity index (χ0n) is 7.97. The van der Waals surface area contributed by atoms with Crippen LogP contribution in [0.3, 0.4) is 0 Å². The summed E-state index contributed by atoms with van der Waals surface area (Å²) in [4.78, 5) is 22.1. The van der Waals surface area contributed by atoms with Gasteiger partial charge in [0.15, 0.2) is 0 Å². The van der Waals surface area contributed by atoms with Gasteiger partial charge in [0.2, 0.25) is 0 Å². The fraction of sp³-hybridized carbons (Fsp3) is 0.100. The number of carbonyl (C=O) groups excluding carboxylic acids is 1. The first kappa shape index (κ1) is 9.39. The van der Waals surface area contributed by atoms with Gasteiger partial charge in [0.25, 0.3) is 5.91 Å². The molecule has 5 heteroatoms. The van der Waals surface area contributed by atoms with Crippen LogP contribution in [-0.2, 0) is 6.54 Å². The minimum Gasteiger partial charge on any atom is -0.367 e. The number of aromatic amines is 1. The Morgan fingerprint density at radius 3 is 3.07 bits per heavy atom. The maximum atomic E-state index is 11.5. The smallest absolute Gasteiger partial charge is 0.271 e. The van der Waals surface area contributed by atoms with Crippen LogP contribution in [0, 0.1) is 0 Å². The summed E-state index contributed by atoms with van der Waals surface area (Å²) < 4.78 is 0. The van der Waals surface area contributed by atoms with E-state index in [1.807, 2.05) is 18.5 Å². The van der Waals surface area contributed by atoms with Crippen molar-refractivity contribution in [1.82, 2.24) is 20.3 Å². The van der Waals surface area contributed by atoms with Gasteiger partial charge in [-0.3, -0.25) is 9.78 Å². The highest BCUT2D eigenvalue weighted by molar-refractivity contribution is 5.91. The number of rotatable bonds is 3. The van der Waals surface area contributed by atoms with Gasteiger partial charge < -0.3 is 10.3 Å². The fourth-order valence-corrected chi connectivity index (χ4v) is 1.16. The van der Waals surface area contributed by atoms with Crippen LogP contribution in [0.2, 0.25) is 0 Å². The van der Waals surface area contributed by atoms with Gasteiger partial charge in [-0.15, -0.1) is 0 Å². The molecule has 0 unspecified atom stereocenters. The molecule has 0 saturated heterocycles. The van der Waals surface area contributed by atoms with Crippen LogP contribution in [0.25, 0.3) is 0 Å². The molecule has 2 rings (SSSR count). The Kier molecular flexibility index (Phi) is 2.73. The first-order valence-corrected chi connectivity index (χ1v) is 4.52. The number of nitrogens with one attached hydrogen (secondary N) is 2. The summed E-state index contributed by atoms with van der Waals surface area (Å²) in [6.45, 7) is 0.485. The van der Waals surface area contributed by atoms with Gasteiger partial charge in [0.05, 0.1) is 6.20 Å². The van der Waals surface area contributed by atoms with Crippen molar-refractivity contribution in [2.45, 2.75) is 6.54 Å². The van der Waals surface area contributed by atoms with Gasteiger partial charge in [0.1, 0.15) is 5.69 Å². The van der Waals surface area contributed by atoms with Crippen LogP contribution in [0.5, 0.6) is 0 Å². The summed E-state index contributed by atoms with van der Waals surface area (Å²) in [5, 5.41) is 2.74. The molecule has 76 valence electrons. The Bertz CT molecular complexity index is 424. The van der Waals surface area contributed by atoms with Crippen LogP contribution in [-0.4, -0.2) is 20.9 Å². The van der Waals surface area contributed by atoms with E-state index in [1.54, 1.807) is 0 Å². The van der Waals surface area contributed by atoms with Gasteiger partial charge in [0, 0.05) is 31.3 Å². The van der Waals surface area contributed by atoms with E-state index in [1.165, 1.54) is 18.6 Å². The molecule has 2 heterocycles. The number of amides is 1. The van der Waals surface area contributed by atoms with Crippen molar-refractivity contribution >= 4 is 5.91 Å². The monoisotopic (exact) mass is 202 g/mol. The molecule has 2 aromatic heterocycles. The molecule has 0 aliphatic rings. The average molecular weight is 202 g/mol. The van der Waals surface area contributed by atoms with E-state index in [2.05, 4.69) is 20.3 Å². The maximum Gasteiger partial charge on any atom is 0.271 e. The van der Waals surface area contributed by atoms with Crippen molar-refractivity contribution < 1.29 is 4.79 Å². The molecule has 0 aliphatic heterocycles. The molecule has 0 bridgehead atoms. The first-order chi connectivity index (χ1) is 7.36. The number of hydrogen-bond acceptors (Lipinski definition) is 3. The van der Waals surface area contributed by atoms with Gasteiger partial charge in [-0.2, -0.15) is 0 Å². The topological polar surface area (TPSA) is 70.7 Å². The van der Waals surface area contributed by atoms with E-state index in [9.17, 15) is 4.79 Å². The van der Waals surface area contributed by atoms with Crippen molar-refractivity contribution in [3.05, 3.63) is 48.3 Å². The third-order valence-corrected chi connectivity index (χ3v) is 1.91. The lowest BCUT2D eigenvalue weighted by Gasteiger charge is -2.01. The zero-order chi connectivity index (χ0) is 10.5. The summed E-state index contributed by atoms with van der Waals surface area (Å²) in [6, 6.07) is 1.90. The molecule has 15 heavy (non-hydrogen) atoms. The lowest BCUT2D eigenvalue weighted by molar-refractivity contribution is 0.0945. The van der Waals surface area contributed by atoms with E-state index in [4.69, 9.17) is 0 Å². The minimum atomic E-state index is -0.218. The summed E-state index contributed by atoms with van der Waals surface area (Å²) in [7, 11) is 0. The Balaban J connectivity index is 1.94. The van der Waals surface area contributed by atoms with Crippen molar-refractivity contribution in [3.63, 3.8) is 0 Å². The average Bonchev–Trinajstić information content (AvgIpc) is 2.80. The third kappa shape index (κ3) is 2.40. The van der Waals surface area contributed by atoms with Crippen LogP contribution in [0.4, 0.5) is 0 Å². The maximum absolute atomic E-state index is 11.5. The summed E-state index contributed by atoms with van der Waals surface area (Å²) in [6.07, 6.45) is 8.10. The molecule has 2 N–H and O–H groups in total. The van der Waals surface area contributed by atoms with Crippen LogP contribution < -0.4 is 5.32 Å². The van der Waals surface area contributed by atoms with Crippen molar-refractivity contribution in [1.29, 1.82) is 0 Å². The predicted molar refractivity (Wildman–Crippen MR) is 54.0 cm³/mol. The van der Waals surface area contributed by atoms with Gasteiger partial charge in [-0.1, -0.05) is 0 Å². The Morgan fingerprint density at radius 1 is 1.47 bits per heavy atom. The molecule has 1 amide bonds. The predicted octanol–water partition coefficient (Wildman–Crippen LogP) is 0.735. The second-order valence-corrected chi connectivity index (χ2v) is 2.99. The van der Waals surface area contributed by atoms with Crippen LogP contribution >= 0.6 is 0 Å². The lowest BCUT2D eigenvalue weighted by Crippen LogP contribution is -2.23. The molecule has 0 radical (unpaired) electrons. The number of nitrogens with zero attached hydrogens (tertiary/aromatic N) is 2. The lowest BCUT2D eigenvalue weighted by atomic mass is 10.3. The number of H-pyrrole nitrogens is 1. The van der Waals surface area contributed by atoms with Crippen LogP contribution in [0.1, 0.15) is 16.1 Å². The molecule has 2 aromatic rings. The summed E-state index contributed by atoms with van der Waals surface area (Å²) in [5.74, 6) is -0.218. The largest absolute Gasteiger partial charge is 0.367 e. The normalized spacial score (nSPS) is 9.87. The molecular formula is C10H10N4O. The SMILES string of the molecule is O=C(NCc1cc[nH]c1)c1cnccn1. The highest BCUT2D eigenvalue weighted by atomic mass is 16.1. The quantitative estimate of drug-likeness (QED) is 0.771. The standard InChI is InChI=1S/C10H10N4O/c15-10(9-7-12-3-4-13-9)14-6-8-1-2-11-5-8/h1-5,7,11H,6H2,(H,14,15). The number of aromatic nitrogens is 3. The molecule has 0 aromatic carbocycles.